The van der Waals surface area contributed by atoms with Crippen molar-refractivity contribution in [2.75, 3.05) is 18.9 Å². The molecule has 0 aliphatic carbocycles. The number of nitrogen functional groups attached to an aromatic ring is 1. The van der Waals surface area contributed by atoms with Crippen molar-refractivity contribution >= 4 is 27.6 Å². The fraction of sp³-hybridized carbons (Fsp3) is 0.500. The molecule has 0 bridgehead atoms. The number of anilines is 1. The van der Waals surface area contributed by atoms with E-state index in [1.807, 2.05) is 19.4 Å². The van der Waals surface area contributed by atoms with Crippen LogP contribution in [0.15, 0.2) is 11.7 Å². The quantitative estimate of drug-likeness (QED) is 0.401. The van der Waals surface area contributed by atoms with Gasteiger partial charge in [-0.3, -0.25) is 4.18 Å². The van der Waals surface area contributed by atoms with Crippen molar-refractivity contribution in [3.05, 3.63) is 33.7 Å². The lowest BCUT2D eigenvalue weighted by Gasteiger charge is -2.02. The molecule has 0 radical (unpaired) electrons. The third kappa shape index (κ3) is 7.40. The highest BCUT2D eigenvalue weighted by molar-refractivity contribution is 7.80. The van der Waals surface area contributed by atoms with E-state index in [2.05, 4.69) is 18.7 Å². The van der Waals surface area contributed by atoms with E-state index < -0.39 is 10.4 Å². The van der Waals surface area contributed by atoms with Crippen LogP contribution in [-0.2, 0) is 27.5 Å². The Labute approximate surface area is 151 Å². The first-order chi connectivity index (χ1) is 11.7. The molecule has 0 amide bonds. The van der Waals surface area contributed by atoms with Crippen LogP contribution in [-0.4, -0.2) is 41.3 Å². The van der Waals surface area contributed by atoms with Gasteiger partial charge in [0.1, 0.15) is 11.6 Å². The van der Waals surface area contributed by atoms with Gasteiger partial charge in [-0.2, -0.15) is 4.57 Å². The molecule has 0 aliphatic rings. The summed E-state index contributed by atoms with van der Waals surface area (Å²) in [6.07, 6.45) is 2.47. The second kappa shape index (κ2) is 9.73. The van der Waals surface area contributed by atoms with E-state index in [0.717, 1.165) is 11.3 Å². The van der Waals surface area contributed by atoms with Crippen molar-refractivity contribution in [1.82, 2.24) is 9.97 Å². The predicted molar refractivity (Wildman–Crippen MR) is 91.6 cm³/mol. The number of aliphatic hydroxyl groups excluding tert-OH is 1. The minimum absolute atomic E-state index is 0.0914. The van der Waals surface area contributed by atoms with Crippen LogP contribution >= 0.6 is 11.3 Å². The molecule has 0 fully saturated rings. The Morgan fingerprint density at radius 2 is 2.12 bits per heavy atom. The normalized spacial score (nSPS) is 11.1. The Morgan fingerprint density at radius 1 is 1.44 bits per heavy atom. The van der Waals surface area contributed by atoms with Gasteiger partial charge in [0.15, 0.2) is 12.2 Å². The lowest BCUT2D eigenvalue weighted by atomic mass is 10.2. The minimum atomic E-state index is -4.42. The highest BCUT2D eigenvalue weighted by atomic mass is 32.3. The first-order valence-corrected chi connectivity index (χ1v) is 9.64. The Kier molecular flexibility index (Phi) is 8.32. The number of hydrogen-bond acceptors (Lipinski definition) is 9. The molecule has 140 valence electrons. The maximum absolute atomic E-state index is 9.45. The number of aryl methyl sites for hydroxylation is 1. The molecule has 9 nitrogen and oxygen atoms in total. The SMILES string of the molecule is CCOS(=O)(=O)[O-].Cc1ncc(C[n+]2csc(CCO)c2C)c(N)n1. The molecule has 2 rings (SSSR count). The van der Waals surface area contributed by atoms with Crippen LogP contribution in [0.1, 0.15) is 28.9 Å². The molecule has 2 aromatic rings. The molecule has 0 unspecified atom stereocenters. The minimum Gasteiger partial charge on any atom is -0.726 e. The lowest BCUT2D eigenvalue weighted by molar-refractivity contribution is -0.689. The molecular weight excluding hydrogens is 368 g/mol. The van der Waals surface area contributed by atoms with Gasteiger partial charge in [0.05, 0.1) is 17.0 Å². The summed E-state index contributed by atoms with van der Waals surface area (Å²) in [7, 11) is -4.42. The van der Waals surface area contributed by atoms with E-state index in [1.165, 1.54) is 11.8 Å². The molecule has 0 saturated heterocycles. The summed E-state index contributed by atoms with van der Waals surface area (Å²) in [4.78, 5) is 9.53. The smallest absolute Gasteiger partial charge is 0.225 e. The second-order valence-corrected chi connectivity index (χ2v) is 6.97. The van der Waals surface area contributed by atoms with Gasteiger partial charge in [-0.15, -0.1) is 0 Å². The molecule has 0 aliphatic heterocycles. The Hall–Kier alpha value is -1.66. The zero-order chi connectivity index (χ0) is 19.0. The first kappa shape index (κ1) is 21.4. The van der Waals surface area contributed by atoms with Crippen LogP contribution < -0.4 is 10.3 Å². The number of hydrogen-bond donors (Lipinski definition) is 2. The number of thiazole rings is 1. The Balaban J connectivity index is 0.000000381. The van der Waals surface area contributed by atoms with Gasteiger partial charge in [0.25, 0.3) is 0 Å². The van der Waals surface area contributed by atoms with Crippen LogP contribution in [0, 0.1) is 13.8 Å². The highest BCUT2D eigenvalue weighted by Crippen LogP contribution is 2.13. The van der Waals surface area contributed by atoms with Crippen molar-refractivity contribution < 1.29 is 26.8 Å². The van der Waals surface area contributed by atoms with E-state index in [0.29, 0.717) is 24.6 Å². The summed E-state index contributed by atoms with van der Waals surface area (Å²) < 4.78 is 34.1. The molecule has 0 atom stereocenters. The topological polar surface area (TPSA) is 142 Å². The molecule has 3 N–H and O–H groups in total. The molecule has 2 aromatic heterocycles. The zero-order valence-corrected chi connectivity index (χ0v) is 15.9. The van der Waals surface area contributed by atoms with E-state index in [4.69, 9.17) is 10.8 Å². The fourth-order valence-corrected chi connectivity index (χ4v) is 3.18. The largest absolute Gasteiger partial charge is 0.726 e. The van der Waals surface area contributed by atoms with Gasteiger partial charge >= 0.3 is 0 Å². The summed E-state index contributed by atoms with van der Waals surface area (Å²) in [5, 5.41) is 8.98. The van der Waals surface area contributed by atoms with Crippen LogP contribution in [0.3, 0.4) is 0 Å². The Bertz CT molecular complexity index is 793. The van der Waals surface area contributed by atoms with Crippen LogP contribution in [0.5, 0.6) is 0 Å². The van der Waals surface area contributed by atoms with E-state index in [1.54, 1.807) is 17.5 Å². The predicted octanol–water partition coefficient (Wildman–Crippen LogP) is 0.0908. The summed E-state index contributed by atoms with van der Waals surface area (Å²) >= 11 is 1.65. The monoisotopic (exact) mass is 390 g/mol. The standard InChI is InChI=1S/C12H17N4OS.C2H6O4S/c1-8-11(3-4-17)18-7-16(8)6-10-5-14-9(2)15-12(10)13;1-2-6-7(3,4)5/h5,7,17H,3-4,6H2,1-2H3,(H2,13,14,15);2H2,1H3,(H,3,4,5)/q+1;/p-1. The molecule has 2 heterocycles. The van der Waals surface area contributed by atoms with Gasteiger partial charge in [-0.1, -0.05) is 11.3 Å². The zero-order valence-electron chi connectivity index (χ0n) is 14.3. The van der Waals surface area contributed by atoms with Gasteiger partial charge in [0.2, 0.25) is 15.9 Å². The summed E-state index contributed by atoms with van der Waals surface area (Å²) in [6.45, 7) is 6.05. The van der Waals surface area contributed by atoms with Gasteiger partial charge in [-0.05, 0) is 13.8 Å². The second-order valence-electron chi connectivity index (χ2n) is 4.98. The number of aromatic nitrogens is 3. The van der Waals surface area contributed by atoms with Crippen LogP contribution in [0.25, 0.3) is 0 Å². The third-order valence-corrected chi connectivity index (χ3v) is 4.79. The average Bonchev–Trinajstić information content (AvgIpc) is 2.83. The highest BCUT2D eigenvalue weighted by Gasteiger charge is 2.16. The van der Waals surface area contributed by atoms with E-state index >= 15 is 0 Å². The first-order valence-electron chi connectivity index (χ1n) is 7.43. The molecule has 0 saturated carbocycles. The van der Waals surface area contributed by atoms with Crippen molar-refractivity contribution in [3.63, 3.8) is 0 Å². The molecule has 0 aromatic carbocycles. The lowest BCUT2D eigenvalue weighted by Crippen LogP contribution is -2.35. The van der Waals surface area contributed by atoms with Crippen molar-refractivity contribution in [3.8, 4) is 0 Å². The van der Waals surface area contributed by atoms with E-state index in [-0.39, 0.29) is 13.2 Å². The van der Waals surface area contributed by atoms with Gasteiger partial charge in [-0.25, -0.2) is 18.4 Å². The third-order valence-electron chi connectivity index (χ3n) is 3.12. The summed E-state index contributed by atoms with van der Waals surface area (Å²) in [5.74, 6) is 1.22. The molecule has 0 spiro atoms. The number of rotatable bonds is 6. The average molecular weight is 390 g/mol. The fourth-order valence-electron chi connectivity index (χ4n) is 1.91. The molecule has 11 heteroatoms. The van der Waals surface area contributed by atoms with Gasteiger partial charge in [0, 0.05) is 26.1 Å². The summed E-state index contributed by atoms with van der Waals surface area (Å²) in [5.41, 5.74) is 10.0. The molecular formula is C14H22N4O5S2. The van der Waals surface area contributed by atoms with E-state index in [9.17, 15) is 13.0 Å². The number of nitrogens with two attached hydrogens (primary N) is 1. The van der Waals surface area contributed by atoms with Crippen molar-refractivity contribution in [2.24, 2.45) is 0 Å². The van der Waals surface area contributed by atoms with Gasteiger partial charge < -0.3 is 15.4 Å². The summed E-state index contributed by atoms with van der Waals surface area (Å²) in [6, 6.07) is 0. The van der Waals surface area contributed by atoms with Crippen LogP contribution in [0.2, 0.25) is 0 Å². The molecule has 25 heavy (non-hydrogen) atoms. The Morgan fingerprint density at radius 3 is 2.60 bits per heavy atom. The number of nitrogens with zero attached hydrogens (tertiary/aromatic N) is 3. The maximum atomic E-state index is 9.45. The van der Waals surface area contributed by atoms with Crippen molar-refractivity contribution in [1.29, 1.82) is 0 Å². The number of aliphatic hydroxyl groups is 1. The van der Waals surface area contributed by atoms with Crippen LogP contribution in [0.4, 0.5) is 5.82 Å². The maximum Gasteiger partial charge on any atom is 0.225 e. The van der Waals surface area contributed by atoms with Crippen molar-refractivity contribution in [2.45, 2.75) is 33.7 Å².